The predicted octanol–water partition coefficient (Wildman–Crippen LogP) is 3.78. The van der Waals surface area contributed by atoms with Gasteiger partial charge in [-0.2, -0.15) is 0 Å². The number of nitrogens with one attached hydrogen (secondary N) is 2. The van der Waals surface area contributed by atoms with E-state index in [4.69, 9.17) is 9.26 Å². The molecule has 1 aliphatic heterocycles. The first-order valence-corrected chi connectivity index (χ1v) is 12.3. The van der Waals surface area contributed by atoms with E-state index in [1.54, 1.807) is 13.8 Å². The predicted molar refractivity (Wildman–Crippen MR) is 113 cm³/mol. The van der Waals surface area contributed by atoms with E-state index < -0.39 is 25.8 Å². The Morgan fingerprint density at radius 2 is 2.03 bits per heavy atom. The molecule has 1 aromatic carbocycles. The monoisotopic (exact) mass is 424 g/mol. The summed E-state index contributed by atoms with van der Waals surface area (Å²) in [4.78, 5) is 23.8. The molecule has 0 bridgehead atoms. The number of rotatable bonds is 11. The lowest BCUT2D eigenvalue weighted by atomic mass is 10.1. The van der Waals surface area contributed by atoms with Gasteiger partial charge in [0.2, 0.25) is 12.2 Å². The van der Waals surface area contributed by atoms with E-state index in [-0.39, 0.29) is 18.5 Å². The number of carbonyl (C=O) groups is 2. The van der Waals surface area contributed by atoms with Crippen molar-refractivity contribution in [3.05, 3.63) is 35.9 Å². The van der Waals surface area contributed by atoms with E-state index in [0.29, 0.717) is 19.4 Å². The van der Waals surface area contributed by atoms with Crippen LogP contribution >= 0.6 is 7.52 Å². The number of amides is 1. The molecular weight excluding hydrogens is 391 g/mol. The molecule has 2 N–H and O–H groups in total. The third kappa shape index (κ3) is 8.69. The zero-order valence-corrected chi connectivity index (χ0v) is 18.3. The molecule has 162 valence electrons. The van der Waals surface area contributed by atoms with E-state index in [2.05, 4.69) is 22.5 Å². The second kappa shape index (κ2) is 12.1. The molecule has 7 nitrogen and oxygen atoms in total. The van der Waals surface area contributed by atoms with Gasteiger partial charge in [-0.15, -0.1) is 0 Å². The summed E-state index contributed by atoms with van der Waals surface area (Å²) in [5, 5.41) is 5.81. The van der Waals surface area contributed by atoms with Crippen LogP contribution < -0.4 is 10.4 Å². The molecule has 0 aromatic heterocycles. The molecule has 2 unspecified atom stereocenters. The Bertz CT molecular complexity index is 698. The molecule has 0 radical (unpaired) electrons. The molecule has 1 heterocycles. The summed E-state index contributed by atoms with van der Waals surface area (Å²) in [6.07, 6.45) is 4.31. The lowest BCUT2D eigenvalue weighted by Gasteiger charge is -2.27. The highest BCUT2D eigenvalue weighted by molar-refractivity contribution is 7.56. The molecule has 3 atom stereocenters. The Balaban J connectivity index is 1.97. The van der Waals surface area contributed by atoms with Crippen molar-refractivity contribution in [3.63, 3.8) is 0 Å². The molecule has 1 fully saturated rings. The van der Waals surface area contributed by atoms with Crippen LogP contribution in [0, 0.1) is 0 Å². The Hall–Kier alpha value is -1.69. The summed E-state index contributed by atoms with van der Waals surface area (Å²) in [6.45, 7) is 3.87. The van der Waals surface area contributed by atoms with Crippen LogP contribution in [-0.4, -0.2) is 36.9 Å². The summed E-state index contributed by atoms with van der Waals surface area (Å²) in [6, 6.07) is 9.55. The molecule has 1 aliphatic rings. The third-order valence-corrected chi connectivity index (χ3v) is 7.05. The van der Waals surface area contributed by atoms with Gasteiger partial charge in [-0.1, -0.05) is 37.3 Å². The van der Waals surface area contributed by atoms with Crippen LogP contribution in [0.15, 0.2) is 30.3 Å². The van der Waals surface area contributed by atoms with Crippen LogP contribution in [-0.2, 0) is 29.8 Å². The number of hydrogen-bond donors (Lipinski definition) is 2. The van der Waals surface area contributed by atoms with Crippen molar-refractivity contribution >= 4 is 19.4 Å². The van der Waals surface area contributed by atoms with Crippen LogP contribution in [0.5, 0.6) is 0 Å². The van der Waals surface area contributed by atoms with Crippen molar-refractivity contribution < 1.29 is 23.4 Å². The molecule has 0 saturated carbocycles. The van der Waals surface area contributed by atoms with Crippen LogP contribution in [0.3, 0.4) is 0 Å². The Morgan fingerprint density at radius 3 is 2.76 bits per heavy atom. The van der Waals surface area contributed by atoms with E-state index in [1.807, 2.05) is 18.2 Å². The summed E-state index contributed by atoms with van der Waals surface area (Å²) in [5.41, 5.74) is 1.23. The first kappa shape index (κ1) is 23.6. The van der Waals surface area contributed by atoms with Gasteiger partial charge in [0, 0.05) is 19.1 Å². The molecule has 1 saturated heterocycles. The zero-order chi connectivity index (χ0) is 21.1. The molecule has 29 heavy (non-hydrogen) atoms. The standard InChI is InChI=1S/C21H33N2O5P/c1-3-20(24)27-17(2)28-29(26,23-19-14-7-9-15-22-21(19)25)16-10-8-13-18-11-5-4-6-12-18/h4-6,11-12,17,19H,3,7-10,13-16H2,1-2H3,(H,22,25)(H,23,26)/t17-,19?,29?/m0/s1. The van der Waals surface area contributed by atoms with Crippen molar-refractivity contribution in [2.75, 3.05) is 12.7 Å². The van der Waals surface area contributed by atoms with Gasteiger partial charge in [0.05, 0.1) is 6.04 Å². The van der Waals surface area contributed by atoms with Crippen LogP contribution in [0.4, 0.5) is 0 Å². The van der Waals surface area contributed by atoms with Crippen molar-refractivity contribution in [3.8, 4) is 0 Å². The fraction of sp³-hybridized carbons (Fsp3) is 0.619. The van der Waals surface area contributed by atoms with E-state index in [1.165, 1.54) is 5.56 Å². The van der Waals surface area contributed by atoms with E-state index >= 15 is 0 Å². The van der Waals surface area contributed by atoms with Crippen molar-refractivity contribution in [2.45, 2.75) is 71.1 Å². The highest BCUT2D eigenvalue weighted by Gasteiger charge is 2.33. The molecule has 8 heteroatoms. The van der Waals surface area contributed by atoms with Crippen LogP contribution in [0.25, 0.3) is 0 Å². The highest BCUT2D eigenvalue weighted by Crippen LogP contribution is 2.46. The van der Waals surface area contributed by atoms with Gasteiger partial charge in [-0.3, -0.25) is 18.7 Å². The summed E-state index contributed by atoms with van der Waals surface area (Å²) >= 11 is 0. The number of unbranched alkanes of at least 4 members (excludes halogenated alkanes) is 1. The van der Waals surface area contributed by atoms with Gasteiger partial charge in [0.25, 0.3) is 7.52 Å². The minimum absolute atomic E-state index is 0.159. The topological polar surface area (TPSA) is 93.7 Å². The van der Waals surface area contributed by atoms with Gasteiger partial charge in [-0.25, -0.2) is 5.09 Å². The lowest BCUT2D eigenvalue weighted by Crippen LogP contribution is -2.42. The maximum absolute atomic E-state index is 13.5. The maximum Gasteiger partial charge on any atom is 0.307 e. The molecule has 0 spiro atoms. The Labute approximate surface area is 173 Å². The third-order valence-electron chi connectivity index (χ3n) is 4.80. The van der Waals surface area contributed by atoms with Crippen molar-refractivity contribution in [2.24, 2.45) is 0 Å². The number of benzene rings is 1. The molecule has 1 amide bonds. The number of ether oxygens (including phenoxy) is 1. The van der Waals surface area contributed by atoms with Crippen molar-refractivity contribution in [1.29, 1.82) is 0 Å². The van der Waals surface area contributed by atoms with E-state index in [0.717, 1.165) is 25.7 Å². The van der Waals surface area contributed by atoms with E-state index in [9.17, 15) is 14.2 Å². The molecular formula is C21H33N2O5P. The van der Waals surface area contributed by atoms with Gasteiger partial charge < -0.3 is 10.1 Å². The first-order chi connectivity index (χ1) is 13.9. The second-order valence-corrected chi connectivity index (χ2v) is 9.59. The fourth-order valence-electron chi connectivity index (χ4n) is 3.27. The first-order valence-electron chi connectivity index (χ1n) is 10.5. The van der Waals surface area contributed by atoms with Crippen LogP contribution in [0.2, 0.25) is 0 Å². The Kier molecular flexibility index (Phi) is 9.85. The summed E-state index contributed by atoms with van der Waals surface area (Å²) in [7, 11) is -3.38. The quantitative estimate of drug-likeness (QED) is 0.243. The maximum atomic E-state index is 13.5. The second-order valence-electron chi connectivity index (χ2n) is 7.32. The largest absolute Gasteiger partial charge is 0.436 e. The summed E-state index contributed by atoms with van der Waals surface area (Å²) in [5.74, 6) is -0.575. The smallest absolute Gasteiger partial charge is 0.307 e. The molecule has 1 aromatic rings. The minimum Gasteiger partial charge on any atom is -0.436 e. The minimum atomic E-state index is -3.38. The van der Waals surface area contributed by atoms with Gasteiger partial charge in [-0.05, 0) is 51.0 Å². The van der Waals surface area contributed by atoms with Gasteiger partial charge in [0.15, 0.2) is 0 Å². The highest BCUT2D eigenvalue weighted by atomic mass is 31.2. The fourth-order valence-corrected chi connectivity index (χ4v) is 5.45. The average Bonchev–Trinajstić information content (AvgIpc) is 2.90. The number of esters is 1. The normalized spacial score (nSPS) is 20.2. The average molecular weight is 424 g/mol. The van der Waals surface area contributed by atoms with Gasteiger partial charge >= 0.3 is 5.97 Å². The molecule has 0 aliphatic carbocycles. The van der Waals surface area contributed by atoms with Crippen LogP contribution in [0.1, 0.15) is 57.9 Å². The van der Waals surface area contributed by atoms with Crippen molar-refractivity contribution in [1.82, 2.24) is 10.4 Å². The summed E-state index contributed by atoms with van der Waals surface area (Å²) < 4.78 is 24.3. The lowest BCUT2D eigenvalue weighted by molar-refractivity contribution is -0.160. The number of aryl methyl sites for hydroxylation is 1. The number of carbonyl (C=O) groups excluding carboxylic acids is 2. The zero-order valence-electron chi connectivity index (χ0n) is 17.4. The number of hydrogen-bond acceptors (Lipinski definition) is 5. The Morgan fingerprint density at radius 1 is 1.28 bits per heavy atom. The SMILES string of the molecule is CCC(=O)O[C@H](C)OP(=O)(CCCCc1ccccc1)NC1CCCCNC1=O. The van der Waals surface area contributed by atoms with Gasteiger partial charge in [0.1, 0.15) is 0 Å². The molecule has 2 rings (SSSR count).